The summed E-state index contributed by atoms with van der Waals surface area (Å²) in [6.07, 6.45) is 0. The van der Waals surface area contributed by atoms with Crippen molar-refractivity contribution < 1.29 is 14.3 Å². The van der Waals surface area contributed by atoms with Crippen LogP contribution in [0, 0.1) is 6.92 Å². The molecule has 0 atom stereocenters. The van der Waals surface area contributed by atoms with Crippen molar-refractivity contribution in [2.24, 2.45) is 0 Å². The van der Waals surface area contributed by atoms with Crippen molar-refractivity contribution >= 4 is 33.2 Å². The van der Waals surface area contributed by atoms with Gasteiger partial charge in [0, 0.05) is 4.88 Å². The van der Waals surface area contributed by atoms with Crippen LogP contribution in [0.2, 0.25) is 0 Å². The minimum atomic E-state index is -0.299. The first-order valence-electron chi connectivity index (χ1n) is 5.59. The highest BCUT2D eigenvalue weighted by atomic mass is 79.9. The summed E-state index contributed by atoms with van der Waals surface area (Å²) in [5.41, 5.74) is 2.10. The molecule has 1 aromatic carbocycles. The molecule has 0 aliphatic carbocycles. The Balaban J connectivity index is 2.44. The average molecular weight is 341 g/mol. The third-order valence-corrected chi connectivity index (χ3v) is 4.60. The Morgan fingerprint density at radius 1 is 1.26 bits per heavy atom. The number of aryl methyl sites for hydroxylation is 1. The molecule has 0 fully saturated rings. The second-order valence-electron chi connectivity index (χ2n) is 3.96. The van der Waals surface area contributed by atoms with E-state index in [9.17, 15) is 4.79 Å². The number of carbonyl (C=O) groups excluding carboxylic acids is 1. The maximum atomic E-state index is 11.5. The Hall–Kier alpha value is -1.33. The molecule has 0 spiro atoms. The summed E-state index contributed by atoms with van der Waals surface area (Å²) in [5, 5.41) is 0. The minimum absolute atomic E-state index is 0.299. The Labute approximate surface area is 124 Å². The predicted octanol–water partition coefficient (Wildman–Crippen LogP) is 4.28. The van der Waals surface area contributed by atoms with Crippen LogP contribution in [0.1, 0.15) is 15.2 Å². The van der Waals surface area contributed by atoms with Crippen molar-refractivity contribution in [1.29, 1.82) is 0 Å². The van der Waals surface area contributed by atoms with Crippen molar-refractivity contribution in [2.75, 3.05) is 14.2 Å². The van der Waals surface area contributed by atoms with Gasteiger partial charge in [-0.3, -0.25) is 0 Å². The Kier molecular flexibility index (Phi) is 4.27. The SMILES string of the molecule is COC(=O)c1cc(C)c(-c2ccc(OC)c(Br)c2)s1. The zero-order valence-electron chi connectivity index (χ0n) is 10.8. The largest absolute Gasteiger partial charge is 0.496 e. The van der Waals surface area contributed by atoms with Crippen molar-refractivity contribution in [3.63, 3.8) is 0 Å². The van der Waals surface area contributed by atoms with Gasteiger partial charge < -0.3 is 9.47 Å². The lowest BCUT2D eigenvalue weighted by atomic mass is 10.1. The third kappa shape index (κ3) is 2.82. The van der Waals surface area contributed by atoms with Gasteiger partial charge in [0.05, 0.1) is 18.7 Å². The molecule has 2 aromatic rings. The first-order valence-corrected chi connectivity index (χ1v) is 7.20. The molecule has 0 saturated carbocycles. The van der Waals surface area contributed by atoms with E-state index in [-0.39, 0.29) is 5.97 Å². The summed E-state index contributed by atoms with van der Waals surface area (Å²) in [5.74, 6) is 0.484. The smallest absolute Gasteiger partial charge is 0.348 e. The van der Waals surface area contributed by atoms with Crippen LogP contribution in [0.15, 0.2) is 28.7 Å². The van der Waals surface area contributed by atoms with Gasteiger partial charge in [0.25, 0.3) is 0 Å². The van der Waals surface area contributed by atoms with E-state index in [1.807, 2.05) is 31.2 Å². The monoisotopic (exact) mass is 340 g/mol. The molecular weight excluding hydrogens is 328 g/mol. The zero-order valence-corrected chi connectivity index (χ0v) is 13.2. The van der Waals surface area contributed by atoms with E-state index in [0.29, 0.717) is 4.88 Å². The van der Waals surface area contributed by atoms with Crippen LogP contribution >= 0.6 is 27.3 Å². The molecule has 0 bridgehead atoms. The Morgan fingerprint density at radius 3 is 2.58 bits per heavy atom. The summed E-state index contributed by atoms with van der Waals surface area (Å²) in [7, 11) is 3.02. The molecule has 0 N–H and O–H groups in total. The summed E-state index contributed by atoms with van der Waals surface area (Å²) >= 11 is 4.90. The number of hydrogen-bond donors (Lipinski definition) is 0. The highest BCUT2D eigenvalue weighted by molar-refractivity contribution is 9.10. The average Bonchev–Trinajstić information content (AvgIpc) is 2.80. The number of hydrogen-bond acceptors (Lipinski definition) is 4. The highest BCUT2D eigenvalue weighted by Gasteiger charge is 2.14. The Morgan fingerprint density at radius 2 is 2.00 bits per heavy atom. The summed E-state index contributed by atoms with van der Waals surface area (Å²) in [4.78, 5) is 13.2. The van der Waals surface area contributed by atoms with Gasteiger partial charge in [-0.15, -0.1) is 11.3 Å². The van der Waals surface area contributed by atoms with Crippen molar-refractivity contribution in [1.82, 2.24) is 0 Å². The molecule has 0 aliphatic rings. The predicted molar refractivity (Wildman–Crippen MR) is 80.1 cm³/mol. The molecular formula is C14H13BrO3S. The quantitative estimate of drug-likeness (QED) is 0.782. The van der Waals surface area contributed by atoms with Gasteiger partial charge in [-0.05, 0) is 58.2 Å². The minimum Gasteiger partial charge on any atom is -0.496 e. The molecule has 5 heteroatoms. The maximum absolute atomic E-state index is 11.5. The van der Waals surface area contributed by atoms with Crippen LogP contribution in [0.3, 0.4) is 0 Å². The second kappa shape index (κ2) is 5.75. The first-order chi connectivity index (χ1) is 9.06. The molecule has 0 radical (unpaired) electrons. The van der Waals surface area contributed by atoms with Gasteiger partial charge in [0.2, 0.25) is 0 Å². The fourth-order valence-electron chi connectivity index (χ4n) is 1.78. The van der Waals surface area contributed by atoms with Gasteiger partial charge >= 0.3 is 5.97 Å². The number of esters is 1. The Bertz CT molecular complexity index is 619. The van der Waals surface area contributed by atoms with Crippen molar-refractivity contribution in [2.45, 2.75) is 6.92 Å². The third-order valence-electron chi connectivity index (χ3n) is 2.72. The van der Waals surface area contributed by atoms with Crippen LogP contribution in [0.4, 0.5) is 0 Å². The zero-order chi connectivity index (χ0) is 14.0. The van der Waals surface area contributed by atoms with Crippen molar-refractivity contribution in [3.8, 4) is 16.2 Å². The fourth-order valence-corrected chi connectivity index (χ4v) is 3.41. The van der Waals surface area contributed by atoms with E-state index >= 15 is 0 Å². The molecule has 0 saturated heterocycles. The highest BCUT2D eigenvalue weighted by Crippen LogP contribution is 2.36. The first kappa shape index (κ1) is 14.1. The van der Waals surface area contributed by atoms with Crippen LogP contribution in [-0.4, -0.2) is 20.2 Å². The van der Waals surface area contributed by atoms with Gasteiger partial charge in [-0.2, -0.15) is 0 Å². The van der Waals surface area contributed by atoms with E-state index in [1.54, 1.807) is 7.11 Å². The fraction of sp³-hybridized carbons (Fsp3) is 0.214. The lowest BCUT2D eigenvalue weighted by Gasteiger charge is -2.05. The molecule has 19 heavy (non-hydrogen) atoms. The molecule has 2 rings (SSSR count). The lowest BCUT2D eigenvalue weighted by Crippen LogP contribution is -1.96. The summed E-state index contributed by atoms with van der Waals surface area (Å²) in [6.45, 7) is 1.98. The molecule has 0 unspecified atom stereocenters. The lowest BCUT2D eigenvalue weighted by molar-refractivity contribution is 0.0606. The molecule has 1 heterocycles. The number of thiophene rings is 1. The summed E-state index contributed by atoms with van der Waals surface area (Å²) < 4.78 is 10.8. The number of halogens is 1. The van der Waals surface area contributed by atoms with Crippen LogP contribution < -0.4 is 4.74 Å². The molecule has 0 amide bonds. The van der Waals surface area contributed by atoms with Gasteiger partial charge in [-0.1, -0.05) is 0 Å². The number of rotatable bonds is 3. The number of methoxy groups -OCH3 is 2. The van der Waals surface area contributed by atoms with Crippen LogP contribution in [0.5, 0.6) is 5.75 Å². The number of ether oxygens (including phenoxy) is 2. The van der Waals surface area contributed by atoms with E-state index in [0.717, 1.165) is 26.2 Å². The van der Waals surface area contributed by atoms with Gasteiger partial charge in [-0.25, -0.2) is 4.79 Å². The normalized spacial score (nSPS) is 10.3. The van der Waals surface area contributed by atoms with E-state index in [1.165, 1.54) is 18.4 Å². The second-order valence-corrected chi connectivity index (χ2v) is 5.87. The standard InChI is InChI=1S/C14H13BrO3S/c1-8-6-12(14(16)18-3)19-13(8)9-4-5-11(17-2)10(15)7-9/h4-7H,1-3H3. The van der Waals surface area contributed by atoms with Crippen molar-refractivity contribution in [3.05, 3.63) is 39.2 Å². The van der Waals surface area contributed by atoms with Gasteiger partial charge in [0.15, 0.2) is 0 Å². The van der Waals surface area contributed by atoms with Crippen LogP contribution in [-0.2, 0) is 4.74 Å². The van der Waals surface area contributed by atoms with E-state index in [4.69, 9.17) is 9.47 Å². The molecule has 1 aromatic heterocycles. The van der Waals surface area contributed by atoms with E-state index < -0.39 is 0 Å². The molecule has 100 valence electrons. The van der Waals surface area contributed by atoms with Gasteiger partial charge in [0.1, 0.15) is 10.6 Å². The van der Waals surface area contributed by atoms with Crippen LogP contribution in [0.25, 0.3) is 10.4 Å². The number of benzene rings is 1. The molecule has 3 nitrogen and oxygen atoms in total. The maximum Gasteiger partial charge on any atom is 0.348 e. The topological polar surface area (TPSA) is 35.5 Å². The van der Waals surface area contributed by atoms with E-state index in [2.05, 4.69) is 15.9 Å². The summed E-state index contributed by atoms with van der Waals surface area (Å²) in [6, 6.07) is 7.71. The number of carbonyl (C=O) groups is 1. The molecule has 0 aliphatic heterocycles.